The number of nitrogens with one attached hydrogen (secondary N) is 2. The van der Waals surface area contributed by atoms with Crippen LogP contribution in [-0.2, 0) is 15.9 Å². The first-order chi connectivity index (χ1) is 22.9. The first-order valence-electron chi connectivity index (χ1n) is 16.4. The number of carbonyl (C=O) groups excluding carboxylic acids is 1. The van der Waals surface area contributed by atoms with E-state index in [-0.39, 0.29) is 35.8 Å². The van der Waals surface area contributed by atoms with Crippen LogP contribution in [-0.4, -0.2) is 101 Å². The van der Waals surface area contributed by atoms with Crippen LogP contribution in [0.3, 0.4) is 0 Å². The van der Waals surface area contributed by atoms with Gasteiger partial charge in [-0.15, -0.1) is 0 Å². The van der Waals surface area contributed by atoms with Crippen molar-refractivity contribution in [2.75, 3.05) is 58.0 Å². The number of benzene rings is 1. The average molecular weight is 667 g/mol. The van der Waals surface area contributed by atoms with Gasteiger partial charge in [0.15, 0.2) is 5.82 Å². The molecule has 4 aromatic rings. The number of amides is 1. The van der Waals surface area contributed by atoms with E-state index in [1.807, 2.05) is 11.8 Å². The molecule has 5 aliphatic rings. The number of aromatic amines is 1. The Morgan fingerprint density at radius 3 is 2.81 bits per heavy atom. The van der Waals surface area contributed by atoms with E-state index in [1.54, 1.807) is 18.5 Å². The highest BCUT2D eigenvalue weighted by Gasteiger charge is 2.29. The third-order valence-electron chi connectivity index (χ3n) is 9.63. The maximum absolute atomic E-state index is 16.5. The maximum Gasteiger partial charge on any atom is 0.407 e. The monoisotopic (exact) mass is 666 g/mol. The third-order valence-corrected chi connectivity index (χ3v) is 9.97. The van der Waals surface area contributed by atoms with E-state index in [2.05, 4.69) is 35.4 Å². The summed E-state index contributed by atoms with van der Waals surface area (Å²) >= 11 is 6.76. The van der Waals surface area contributed by atoms with Crippen LogP contribution in [0.25, 0.3) is 33.1 Å². The number of nitrogens with zero attached hydrogens (tertiary/aromatic N) is 6. The molecule has 0 aliphatic carbocycles. The fourth-order valence-corrected chi connectivity index (χ4v) is 7.46. The smallest absolute Gasteiger partial charge is 0.407 e. The first-order valence-corrected chi connectivity index (χ1v) is 16.8. The van der Waals surface area contributed by atoms with Crippen molar-refractivity contribution in [1.29, 1.82) is 0 Å². The van der Waals surface area contributed by atoms with Crippen molar-refractivity contribution in [3.05, 3.63) is 34.9 Å². The van der Waals surface area contributed by atoms with Crippen molar-refractivity contribution in [1.82, 2.24) is 35.4 Å². The van der Waals surface area contributed by atoms with Gasteiger partial charge in [0.05, 0.1) is 44.0 Å². The maximum atomic E-state index is 16.5. The highest BCUT2D eigenvalue weighted by atomic mass is 35.5. The van der Waals surface area contributed by atoms with Crippen LogP contribution in [0.2, 0.25) is 5.02 Å². The van der Waals surface area contributed by atoms with Crippen molar-refractivity contribution >= 4 is 45.3 Å². The number of H-pyrrole nitrogens is 1. The molecule has 3 fully saturated rings. The summed E-state index contributed by atoms with van der Waals surface area (Å²) in [6.45, 7) is 7.89. The lowest BCUT2D eigenvalue weighted by molar-refractivity contribution is 0.0129. The number of rotatable bonds is 1. The second kappa shape index (κ2) is 13.7. The van der Waals surface area contributed by atoms with E-state index in [9.17, 15) is 4.79 Å². The van der Waals surface area contributed by atoms with Gasteiger partial charge in [-0.1, -0.05) is 18.5 Å². The van der Waals surface area contributed by atoms with Gasteiger partial charge in [0.2, 0.25) is 0 Å². The van der Waals surface area contributed by atoms with Crippen LogP contribution >= 0.6 is 11.6 Å². The molecule has 0 spiro atoms. The molecule has 0 radical (unpaired) electrons. The zero-order chi connectivity index (χ0) is 32.5. The van der Waals surface area contributed by atoms with Gasteiger partial charge in [-0.25, -0.2) is 9.18 Å². The van der Waals surface area contributed by atoms with Crippen LogP contribution in [0.4, 0.5) is 15.0 Å². The minimum absolute atomic E-state index is 0.0457. The fraction of sp³-hybridized carbons (Fsp3) is 0.545. The summed E-state index contributed by atoms with van der Waals surface area (Å²) in [4.78, 5) is 30.7. The lowest BCUT2D eigenvalue weighted by atomic mass is 9.91. The SMILES string of the molecule is C1CC2COCCN2C1.COc1nc2c3cnc(c(F)c3n1)-c1c(c(Cl)cc3[nH]ncc13)CC(C)CCOC(=O)NC1CCCN2C1. The third kappa shape index (κ3) is 6.53. The van der Waals surface area contributed by atoms with E-state index in [0.717, 1.165) is 37.7 Å². The second-order valence-electron chi connectivity index (χ2n) is 12.8. The second-order valence-corrected chi connectivity index (χ2v) is 13.2. The van der Waals surface area contributed by atoms with Gasteiger partial charge in [0, 0.05) is 53.9 Å². The number of halogens is 2. The number of methoxy groups -OCH3 is 1. The van der Waals surface area contributed by atoms with Gasteiger partial charge in [-0.05, 0) is 62.6 Å². The summed E-state index contributed by atoms with van der Waals surface area (Å²) in [5.74, 6) is 0.00168. The average Bonchev–Trinajstić information content (AvgIpc) is 3.75. The summed E-state index contributed by atoms with van der Waals surface area (Å²) in [5, 5.41) is 11.7. The van der Waals surface area contributed by atoms with Gasteiger partial charge in [0.1, 0.15) is 17.0 Å². The van der Waals surface area contributed by atoms with E-state index >= 15 is 4.39 Å². The number of aromatic nitrogens is 5. The van der Waals surface area contributed by atoms with Crippen molar-refractivity contribution in [3.63, 3.8) is 0 Å². The minimum Gasteiger partial charge on any atom is -0.467 e. The van der Waals surface area contributed by atoms with Crippen molar-refractivity contribution < 1.29 is 23.4 Å². The molecule has 6 bridgehead atoms. The number of ether oxygens (including phenoxy) is 3. The van der Waals surface area contributed by atoms with Crippen LogP contribution in [0.5, 0.6) is 6.01 Å². The van der Waals surface area contributed by atoms with Crippen LogP contribution in [0.1, 0.15) is 44.6 Å². The highest BCUT2D eigenvalue weighted by molar-refractivity contribution is 6.33. The summed E-state index contributed by atoms with van der Waals surface area (Å²) in [6.07, 6.45) is 8.29. The molecule has 9 rings (SSSR count). The number of hydrogen-bond acceptors (Lipinski definition) is 10. The molecule has 12 nitrogen and oxygen atoms in total. The number of alkyl carbamates (subject to hydrolysis) is 1. The zero-order valence-corrected chi connectivity index (χ0v) is 27.5. The van der Waals surface area contributed by atoms with E-state index in [4.69, 9.17) is 25.8 Å². The molecule has 1 aromatic carbocycles. The lowest BCUT2D eigenvalue weighted by Gasteiger charge is -2.34. The number of morpholine rings is 1. The summed E-state index contributed by atoms with van der Waals surface area (Å²) in [6, 6.07) is 2.47. The lowest BCUT2D eigenvalue weighted by Crippen LogP contribution is -2.48. The molecule has 47 heavy (non-hydrogen) atoms. The fourth-order valence-electron chi connectivity index (χ4n) is 7.18. The predicted octanol–water partition coefficient (Wildman–Crippen LogP) is 5.13. The van der Waals surface area contributed by atoms with Gasteiger partial charge >= 0.3 is 12.1 Å². The largest absolute Gasteiger partial charge is 0.467 e. The minimum atomic E-state index is -0.586. The van der Waals surface area contributed by atoms with Crippen LogP contribution in [0.15, 0.2) is 18.5 Å². The van der Waals surface area contributed by atoms with E-state index in [1.165, 1.54) is 33.0 Å². The molecular weight excluding hydrogens is 627 g/mol. The van der Waals surface area contributed by atoms with E-state index < -0.39 is 11.9 Å². The molecule has 3 saturated heterocycles. The number of anilines is 1. The van der Waals surface area contributed by atoms with Crippen molar-refractivity contribution in [3.8, 4) is 17.3 Å². The Hall–Kier alpha value is -3.81. The first kappa shape index (κ1) is 31.8. The topological polar surface area (TPSA) is 131 Å². The number of fused-ring (bicyclic) bond motifs is 9. The van der Waals surface area contributed by atoms with Crippen LogP contribution in [0, 0.1) is 11.7 Å². The van der Waals surface area contributed by atoms with Crippen LogP contribution < -0.4 is 15.0 Å². The molecule has 1 amide bonds. The Bertz CT molecular complexity index is 1760. The Labute approximate surface area is 277 Å². The predicted molar refractivity (Wildman–Crippen MR) is 177 cm³/mol. The van der Waals surface area contributed by atoms with Gasteiger partial charge in [0.25, 0.3) is 0 Å². The van der Waals surface area contributed by atoms with Crippen molar-refractivity contribution in [2.45, 2.75) is 57.5 Å². The highest BCUT2D eigenvalue weighted by Crippen LogP contribution is 2.40. The standard InChI is InChI=1S/C26H27ClFN7O3.C7H13NO/c1-13-5-7-38-26(36)31-14-4-3-6-35(12-14)24-17-10-29-23(21(28)22(17)32-25(33-24)37-2)20-15(8-13)18(27)9-19-16(20)11-30-34-19;1-2-7-6-9-5-4-8(7)3-1/h9-11,13-14H,3-8,12H2,1-2H3,(H,30,34)(H,31,36);7H,1-6H2. The Morgan fingerprint density at radius 1 is 1.09 bits per heavy atom. The van der Waals surface area contributed by atoms with Gasteiger partial charge in [-0.2, -0.15) is 15.1 Å². The Morgan fingerprint density at radius 2 is 1.96 bits per heavy atom. The number of pyridine rings is 1. The normalized spacial score (nSPS) is 23.4. The number of hydrogen-bond donors (Lipinski definition) is 2. The number of piperidine rings is 1. The molecule has 2 N–H and O–H groups in total. The molecule has 0 saturated carbocycles. The molecule has 14 heteroatoms. The summed E-state index contributed by atoms with van der Waals surface area (Å²) in [7, 11) is 1.45. The molecule has 8 heterocycles. The number of carbonyl (C=O) groups is 1. The van der Waals surface area contributed by atoms with Crippen molar-refractivity contribution in [2.24, 2.45) is 5.92 Å². The Kier molecular flexibility index (Phi) is 9.29. The zero-order valence-electron chi connectivity index (χ0n) is 26.7. The molecule has 3 unspecified atom stereocenters. The Balaban J connectivity index is 0.000000334. The molecular formula is C33H40ClFN8O4. The molecule has 3 aromatic heterocycles. The van der Waals surface area contributed by atoms with Gasteiger partial charge < -0.3 is 24.4 Å². The quantitative estimate of drug-likeness (QED) is 0.282. The van der Waals surface area contributed by atoms with Gasteiger partial charge in [-0.3, -0.25) is 15.0 Å². The summed E-state index contributed by atoms with van der Waals surface area (Å²) in [5.41, 5.74) is 2.22. The summed E-state index contributed by atoms with van der Waals surface area (Å²) < 4.78 is 32.7. The molecule has 3 atom stereocenters. The molecule has 5 aliphatic heterocycles. The van der Waals surface area contributed by atoms with E-state index in [0.29, 0.717) is 58.6 Å². The molecule has 250 valence electrons.